The third kappa shape index (κ3) is 1.50. The van der Waals surface area contributed by atoms with Crippen LogP contribution in [0.15, 0.2) is 30.4 Å². The summed E-state index contributed by atoms with van der Waals surface area (Å²) in [5.41, 5.74) is 1.57. The number of imide groups is 1. The van der Waals surface area contributed by atoms with Gasteiger partial charge in [-0.1, -0.05) is 29.8 Å². The second kappa shape index (κ2) is 4.27. The lowest BCUT2D eigenvalue weighted by molar-refractivity contribution is -0.128. The van der Waals surface area contributed by atoms with Gasteiger partial charge in [0, 0.05) is 0 Å². The average molecular weight is 299 g/mol. The number of rotatable bonds is 2. The van der Waals surface area contributed by atoms with Crippen molar-refractivity contribution in [3.05, 3.63) is 41.5 Å². The zero-order valence-electron chi connectivity index (χ0n) is 12.4. The molecule has 3 aliphatic heterocycles. The van der Waals surface area contributed by atoms with Crippen LogP contribution in [-0.2, 0) is 14.3 Å². The van der Waals surface area contributed by atoms with E-state index < -0.39 is 23.5 Å². The smallest absolute Gasteiger partial charge is 0.241 e. The molecule has 5 heteroatoms. The van der Waals surface area contributed by atoms with Crippen LogP contribution in [0.4, 0.5) is 5.69 Å². The maximum absolute atomic E-state index is 12.9. The van der Waals surface area contributed by atoms with Crippen LogP contribution in [0.3, 0.4) is 0 Å². The van der Waals surface area contributed by atoms with Crippen molar-refractivity contribution < 1.29 is 19.4 Å². The Kier molecular flexibility index (Phi) is 2.65. The third-order valence-electron chi connectivity index (χ3n) is 5.00. The number of amides is 2. The number of carbonyl (C=O) groups is 2. The highest BCUT2D eigenvalue weighted by Crippen LogP contribution is 2.52. The van der Waals surface area contributed by atoms with Crippen LogP contribution >= 0.6 is 0 Å². The maximum atomic E-state index is 12.9. The predicted molar refractivity (Wildman–Crippen MR) is 79.2 cm³/mol. The first-order valence-electron chi connectivity index (χ1n) is 7.41. The summed E-state index contributed by atoms with van der Waals surface area (Å²) >= 11 is 0. The Balaban J connectivity index is 1.79. The van der Waals surface area contributed by atoms with Crippen LogP contribution in [0.2, 0.25) is 0 Å². The van der Waals surface area contributed by atoms with Crippen LogP contribution in [0.5, 0.6) is 0 Å². The Morgan fingerprint density at radius 3 is 2.73 bits per heavy atom. The lowest BCUT2D eigenvalue weighted by atomic mass is 9.77. The molecule has 2 saturated heterocycles. The van der Waals surface area contributed by atoms with E-state index in [-0.39, 0.29) is 18.4 Å². The molecular formula is C17H17NO4. The molecule has 2 amide bonds. The molecule has 0 saturated carbocycles. The Morgan fingerprint density at radius 2 is 2.05 bits per heavy atom. The van der Waals surface area contributed by atoms with E-state index in [0.717, 1.165) is 11.1 Å². The van der Waals surface area contributed by atoms with Crippen molar-refractivity contribution in [2.24, 2.45) is 11.8 Å². The zero-order chi connectivity index (χ0) is 15.6. The van der Waals surface area contributed by atoms with Crippen molar-refractivity contribution in [1.82, 2.24) is 0 Å². The molecule has 0 aromatic heterocycles. The Morgan fingerprint density at radius 1 is 1.27 bits per heavy atom. The summed E-state index contributed by atoms with van der Waals surface area (Å²) in [7, 11) is 0. The number of hydrogen-bond acceptors (Lipinski definition) is 4. The highest BCUT2D eigenvalue weighted by molar-refractivity contribution is 6.23. The van der Waals surface area contributed by atoms with E-state index in [4.69, 9.17) is 4.74 Å². The summed E-state index contributed by atoms with van der Waals surface area (Å²) in [4.78, 5) is 26.9. The molecule has 2 bridgehead atoms. The molecule has 4 rings (SSSR count). The summed E-state index contributed by atoms with van der Waals surface area (Å²) in [6.07, 6.45) is 3.10. The quantitative estimate of drug-likeness (QED) is 0.656. The minimum absolute atomic E-state index is 0.230. The van der Waals surface area contributed by atoms with E-state index in [0.29, 0.717) is 5.69 Å². The third-order valence-corrected chi connectivity index (χ3v) is 5.00. The fraction of sp³-hybridized carbons (Fsp3) is 0.412. The molecule has 2 fully saturated rings. The summed E-state index contributed by atoms with van der Waals surface area (Å²) in [5.74, 6) is -1.65. The van der Waals surface area contributed by atoms with Crippen molar-refractivity contribution in [1.29, 1.82) is 0 Å². The van der Waals surface area contributed by atoms with Gasteiger partial charge in [0.05, 0.1) is 30.2 Å². The van der Waals surface area contributed by atoms with Crippen molar-refractivity contribution in [2.45, 2.75) is 25.6 Å². The first-order valence-corrected chi connectivity index (χ1v) is 7.41. The largest absolute Gasteiger partial charge is 0.393 e. The fourth-order valence-electron chi connectivity index (χ4n) is 3.98. The number of benzene rings is 1. The molecule has 0 spiro atoms. The van der Waals surface area contributed by atoms with Gasteiger partial charge in [0.25, 0.3) is 0 Å². The van der Waals surface area contributed by atoms with E-state index in [1.165, 1.54) is 4.90 Å². The lowest BCUT2D eigenvalue weighted by Gasteiger charge is -2.26. The van der Waals surface area contributed by atoms with E-state index in [1.54, 1.807) is 12.2 Å². The zero-order valence-corrected chi connectivity index (χ0v) is 12.4. The van der Waals surface area contributed by atoms with Crippen LogP contribution in [0.25, 0.3) is 0 Å². The van der Waals surface area contributed by atoms with Gasteiger partial charge < -0.3 is 9.84 Å². The molecule has 0 aliphatic carbocycles. The van der Waals surface area contributed by atoms with Crippen LogP contribution in [-0.4, -0.2) is 35.2 Å². The van der Waals surface area contributed by atoms with Gasteiger partial charge in [-0.3, -0.25) is 9.59 Å². The van der Waals surface area contributed by atoms with Crippen molar-refractivity contribution in [3.63, 3.8) is 0 Å². The number of ether oxygens (including phenoxy) is 1. The van der Waals surface area contributed by atoms with Gasteiger partial charge in [0.2, 0.25) is 11.8 Å². The van der Waals surface area contributed by atoms with E-state index in [9.17, 15) is 14.7 Å². The molecule has 4 atom stereocenters. The van der Waals surface area contributed by atoms with E-state index in [1.807, 2.05) is 32.0 Å². The molecule has 5 nitrogen and oxygen atoms in total. The molecule has 22 heavy (non-hydrogen) atoms. The van der Waals surface area contributed by atoms with Crippen molar-refractivity contribution >= 4 is 17.5 Å². The van der Waals surface area contributed by atoms with Gasteiger partial charge in [-0.2, -0.15) is 0 Å². The van der Waals surface area contributed by atoms with Crippen molar-refractivity contribution in [3.8, 4) is 0 Å². The average Bonchev–Trinajstić information content (AvgIpc) is 3.12. The number of aliphatic hydroxyl groups is 1. The molecule has 0 radical (unpaired) electrons. The maximum Gasteiger partial charge on any atom is 0.241 e. The summed E-state index contributed by atoms with van der Waals surface area (Å²) < 4.78 is 5.72. The number of fused-ring (bicyclic) bond motifs is 5. The second-order valence-corrected chi connectivity index (χ2v) is 6.36. The Labute approximate surface area is 128 Å². The summed E-state index contributed by atoms with van der Waals surface area (Å²) in [6.45, 7) is 3.57. The standard InChI is InChI=1S/C17H17NO4/c1-9-3-4-11(10(2)7-9)18-15(20)13-12-5-6-17(8-19,22-12)14(13)16(18)21/h3-7,12-14,19H,8H2,1-2H3/t12-,13+,14-,17+/m1/s1. The molecule has 0 unspecified atom stereocenters. The number of anilines is 1. The fourth-order valence-corrected chi connectivity index (χ4v) is 3.98. The Hall–Kier alpha value is -1.98. The second-order valence-electron chi connectivity index (χ2n) is 6.36. The van der Waals surface area contributed by atoms with Crippen LogP contribution in [0.1, 0.15) is 11.1 Å². The van der Waals surface area contributed by atoms with Gasteiger partial charge in [0.15, 0.2) is 0 Å². The van der Waals surface area contributed by atoms with Gasteiger partial charge in [0.1, 0.15) is 5.60 Å². The number of hydrogen-bond donors (Lipinski definition) is 1. The molecule has 1 aromatic rings. The van der Waals surface area contributed by atoms with Crippen LogP contribution < -0.4 is 4.90 Å². The normalized spacial score (nSPS) is 35.6. The minimum atomic E-state index is -1.03. The number of carbonyl (C=O) groups excluding carboxylic acids is 2. The summed E-state index contributed by atoms with van der Waals surface area (Å²) in [5, 5.41) is 9.68. The minimum Gasteiger partial charge on any atom is -0.393 e. The summed E-state index contributed by atoms with van der Waals surface area (Å²) in [6, 6.07) is 5.65. The molecule has 114 valence electrons. The van der Waals surface area contributed by atoms with Gasteiger partial charge >= 0.3 is 0 Å². The number of aryl methyl sites for hydroxylation is 2. The SMILES string of the molecule is Cc1ccc(N2C(=O)[C@H]3[C@H]4C=C[C@@](CO)(O4)[C@H]3C2=O)c(C)c1. The molecule has 1 aromatic carbocycles. The first kappa shape index (κ1) is 13.7. The lowest BCUT2D eigenvalue weighted by Crippen LogP contribution is -2.43. The molecular weight excluding hydrogens is 282 g/mol. The molecule has 3 aliphatic rings. The highest BCUT2D eigenvalue weighted by Gasteiger charge is 2.67. The Bertz CT molecular complexity index is 725. The number of aliphatic hydroxyl groups excluding tert-OH is 1. The van der Waals surface area contributed by atoms with Crippen molar-refractivity contribution in [2.75, 3.05) is 11.5 Å². The predicted octanol–water partition coefficient (Wildman–Crippen LogP) is 1.11. The van der Waals surface area contributed by atoms with Crippen LogP contribution in [0, 0.1) is 25.7 Å². The highest BCUT2D eigenvalue weighted by atomic mass is 16.5. The molecule has 3 heterocycles. The van der Waals surface area contributed by atoms with Gasteiger partial charge in [-0.15, -0.1) is 0 Å². The van der Waals surface area contributed by atoms with Gasteiger partial charge in [-0.05, 0) is 25.5 Å². The molecule has 1 N–H and O–H groups in total. The first-order chi connectivity index (χ1) is 10.5. The van der Waals surface area contributed by atoms with E-state index in [2.05, 4.69) is 0 Å². The van der Waals surface area contributed by atoms with Gasteiger partial charge in [-0.25, -0.2) is 4.90 Å². The topological polar surface area (TPSA) is 66.8 Å². The van der Waals surface area contributed by atoms with E-state index >= 15 is 0 Å². The number of nitrogens with zero attached hydrogens (tertiary/aromatic N) is 1. The monoisotopic (exact) mass is 299 g/mol.